The first-order chi connectivity index (χ1) is 8.68. The standard InChI is InChI=1S/C14H18N2O2.ClH/c15-13(17)11-8-4-5-9-12(11)16-14(18)10-6-2-1-3-7-10;/h4-5,8-10H,1-3,6-7H2,(H2,15,17)(H,16,18);1H. The summed E-state index contributed by atoms with van der Waals surface area (Å²) in [4.78, 5) is 23.3. The Balaban J connectivity index is 0.00000180. The molecule has 1 aromatic carbocycles. The molecule has 0 unspecified atom stereocenters. The van der Waals surface area contributed by atoms with Gasteiger partial charge >= 0.3 is 0 Å². The van der Waals surface area contributed by atoms with E-state index >= 15 is 0 Å². The Morgan fingerprint density at radius 2 is 1.74 bits per heavy atom. The minimum Gasteiger partial charge on any atom is -0.366 e. The number of benzene rings is 1. The average molecular weight is 283 g/mol. The van der Waals surface area contributed by atoms with Crippen molar-refractivity contribution in [2.24, 2.45) is 11.7 Å². The van der Waals surface area contributed by atoms with Crippen LogP contribution in [0.5, 0.6) is 0 Å². The van der Waals surface area contributed by atoms with Crippen molar-refractivity contribution in [3.8, 4) is 0 Å². The number of rotatable bonds is 3. The number of para-hydroxylation sites is 1. The second kappa shape index (κ2) is 7.14. The maximum Gasteiger partial charge on any atom is 0.250 e. The van der Waals surface area contributed by atoms with E-state index in [1.165, 1.54) is 6.42 Å². The van der Waals surface area contributed by atoms with Gasteiger partial charge < -0.3 is 11.1 Å². The van der Waals surface area contributed by atoms with Crippen molar-refractivity contribution in [3.05, 3.63) is 29.8 Å². The summed E-state index contributed by atoms with van der Waals surface area (Å²) in [5, 5.41) is 2.82. The number of halogens is 1. The third-order valence-electron chi connectivity index (χ3n) is 3.43. The van der Waals surface area contributed by atoms with Crippen molar-refractivity contribution in [3.63, 3.8) is 0 Å². The zero-order valence-electron chi connectivity index (χ0n) is 10.7. The maximum atomic E-state index is 12.1. The first-order valence-electron chi connectivity index (χ1n) is 6.38. The molecule has 0 spiro atoms. The molecule has 5 heteroatoms. The van der Waals surface area contributed by atoms with Crippen molar-refractivity contribution in [1.29, 1.82) is 0 Å². The molecule has 0 atom stereocenters. The number of amides is 2. The summed E-state index contributed by atoms with van der Waals surface area (Å²) in [6, 6.07) is 6.85. The molecule has 104 valence electrons. The van der Waals surface area contributed by atoms with Gasteiger partial charge in [0.15, 0.2) is 0 Å². The van der Waals surface area contributed by atoms with E-state index in [9.17, 15) is 9.59 Å². The fourth-order valence-electron chi connectivity index (χ4n) is 2.41. The number of nitrogens with one attached hydrogen (secondary N) is 1. The largest absolute Gasteiger partial charge is 0.366 e. The molecule has 0 aromatic heterocycles. The van der Waals surface area contributed by atoms with Gasteiger partial charge in [-0.25, -0.2) is 0 Å². The van der Waals surface area contributed by atoms with E-state index in [1.54, 1.807) is 24.3 Å². The van der Waals surface area contributed by atoms with Crippen molar-refractivity contribution in [2.45, 2.75) is 32.1 Å². The smallest absolute Gasteiger partial charge is 0.250 e. The highest BCUT2D eigenvalue weighted by Gasteiger charge is 2.22. The minimum atomic E-state index is -0.519. The van der Waals surface area contributed by atoms with Crippen LogP contribution in [0.3, 0.4) is 0 Å². The zero-order valence-corrected chi connectivity index (χ0v) is 11.5. The number of carbonyl (C=O) groups is 2. The van der Waals surface area contributed by atoms with Gasteiger partial charge in [-0.2, -0.15) is 0 Å². The number of primary amides is 1. The summed E-state index contributed by atoms with van der Waals surface area (Å²) < 4.78 is 0. The van der Waals surface area contributed by atoms with Gasteiger partial charge in [-0.1, -0.05) is 31.4 Å². The Labute approximate surface area is 119 Å². The maximum absolute atomic E-state index is 12.1. The number of carbonyl (C=O) groups excluding carboxylic acids is 2. The van der Waals surface area contributed by atoms with Crippen LogP contribution >= 0.6 is 12.4 Å². The summed E-state index contributed by atoms with van der Waals surface area (Å²) in [5.41, 5.74) is 6.16. The lowest BCUT2D eigenvalue weighted by Crippen LogP contribution is -2.26. The Morgan fingerprint density at radius 1 is 1.11 bits per heavy atom. The van der Waals surface area contributed by atoms with Crippen molar-refractivity contribution < 1.29 is 9.59 Å². The average Bonchev–Trinajstić information content (AvgIpc) is 2.40. The summed E-state index contributed by atoms with van der Waals surface area (Å²) in [5.74, 6) is -0.447. The molecule has 0 bridgehead atoms. The molecule has 4 nitrogen and oxygen atoms in total. The van der Waals surface area contributed by atoms with E-state index in [4.69, 9.17) is 5.73 Å². The van der Waals surface area contributed by atoms with E-state index in [-0.39, 0.29) is 24.2 Å². The van der Waals surface area contributed by atoms with Crippen molar-refractivity contribution in [2.75, 3.05) is 5.32 Å². The first kappa shape index (κ1) is 15.5. The number of hydrogen-bond donors (Lipinski definition) is 2. The molecule has 0 saturated heterocycles. The van der Waals surface area contributed by atoms with Crippen LogP contribution in [0.4, 0.5) is 5.69 Å². The Bertz CT molecular complexity index is 457. The monoisotopic (exact) mass is 282 g/mol. The van der Waals surface area contributed by atoms with Gasteiger partial charge in [-0.15, -0.1) is 12.4 Å². The molecule has 3 N–H and O–H groups in total. The second-order valence-electron chi connectivity index (χ2n) is 4.73. The van der Waals surface area contributed by atoms with Gasteiger partial charge in [0, 0.05) is 5.92 Å². The predicted molar refractivity (Wildman–Crippen MR) is 77.4 cm³/mol. The molecule has 1 aromatic rings. The van der Waals surface area contributed by atoms with Crippen LogP contribution in [0.15, 0.2) is 24.3 Å². The summed E-state index contributed by atoms with van der Waals surface area (Å²) in [6.45, 7) is 0. The van der Waals surface area contributed by atoms with E-state index in [1.807, 2.05) is 0 Å². The second-order valence-corrected chi connectivity index (χ2v) is 4.73. The lowest BCUT2D eigenvalue weighted by molar-refractivity contribution is -0.120. The lowest BCUT2D eigenvalue weighted by atomic mass is 9.88. The number of hydrogen-bond acceptors (Lipinski definition) is 2. The molecule has 1 aliphatic rings. The van der Waals surface area contributed by atoms with Gasteiger partial charge in [0.2, 0.25) is 5.91 Å². The van der Waals surface area contributed by atoms with Gasteiger partial charge in [-0.3, -0.25) is 9.59 Å². The quantitative estimate of drug-likeness (QED) is 0.895. The van der Waals surface area contributed by atoms with Crippen LogP contribution in [0, 0.1) is 5.92 Å². The fourth-order valence-corrected chi connectivity index (χ4v) is 2.41. The van der Waals surface area contributed by atoms with Gasteiger partial charge in [-0.05, 0) is 25.0 Å². The molecule has 1 fully saturated rings. The van der Waals surface area contributed by atoms with Crippen LogP contribution in [0.1, 0.15) is 42.5 Å². The Hall–Kier alpha value is -1.55. The first-order valence-corrected chi connectivity index (χ1v) is 6.38. The van der Waals surface area contributed by atoms with Crippen LogP contribution in [-0.4, -0.2) is 11.8 Å². The molecule has 0 heterocycles. The molecule has 0 radical (unpaired) electrons. The Kier molecular flexibility index (Phi) is 5.83. The lowest BCUT2D eigenvalue weighted by Gasteiger charge is -2.21. The summed E-state index contributed by atoms with van der Waals surface area (Å²) in [6.07, 6.45) is 5.29. The summed E-state index contributed by atoms with van der Waals surface area (Å²) in [7, 11) is 0. The van der Waals surface area contributed by atoms with Crippen LogP contribution in [-0.2, 0) is 4.79 Å². The molecule has 0 aliphatic heterocycles. The zero-order chi connectivity index (χ0) is 13.0. The third-order valence-corrected chi connectivity index (χ3v) is 3.43. The molecular formula is C14H19ClN2O2. The van der Waals surface area contributed by atoms with Crippen LogP contribution in [0.2, 0.25) is 0 Å². The number of nitrogens with two attached hydrogens (primary N) is 1. The minimum absolute atomic E-state index is 0. The molecule has 2 amide bonds. The van der Waals surface area contributed by atoms with E-state index in [0.29, 0.717) is 11.3 Å². The fraction of sp³-hybridized carbons (Fsp3) is 0.429. The predicted octanol–water partition coefficient (Wildman–Crippen LogP) is 2.73. The van der Waals surface area contributed by atoms with E-state index < -0.39 is 5.91 Å². The molecule has 2 rings (SSSR count). The molecule has 1 aliphatic carbocycles. The van der Waals surface area contributed by atoms with Crippen LogP contribution < -0.4 is 11.1 Å². The third kappa shape index (κ3) is 3.96. The Morgan fingerprint density at radius 3 is 2.37 bits per heavy atom. The van der Waals surface area contributed by atoms with Crippen molar-refractivity contribution >= 4 is 29.9 Å². The molecule has 1 saturated carbocycles. The molecular weight excluding hydrogens is 264 g/mol. The highest BCUT2D eigenvalue weighted by molar-refractivity contribution is 6.03. The van der Waals surface area contributed by atoms with E-state index in [2.05, 4.69) is 5.32 Å². The van der Waals surface area contributed by atoms with Gasteiger partial charge in [0.05, 0.1) is 11.3 Å². The number of anilines is 1. The highest BCUT2D eigenvalue weighted by Crippen LogP contribution is 2.25. The topological polar surface area (TPSA) is 72.2 Å². The highest BCUT2D eigenvalue weighted by atomic mass is 35.5. The van der Waals surface area contributed by atoms with E-state index in [0.717, 1.165) is 25.7 Å². The van der Waals surface area contributed by atoms with Crippen molar-refractivity contribution in [1.82, 2.24) is 0 Å². The summed E-state index contributed by atoms with van der Waals surface area (Å²) >= 11 is 0. The van der Waals surface area contributed by atoms with Gasteiger partial charge in [0.25, 0.3) is 5.91 Å². The van der Waals surface area contributed by atoms with Gasteiger partial charge in [0.1, 0.15) is 0 Å². The van der Waals surface area contributed by atoms with Crippen LogP contribution in [0.25, 0.3) is 0 Å². The molecule has 19 heavy (non-hydrogen) atoms. The normalized spacial score (nSPS) is 15.4. The SMILES string of the molecule is Cl.NC(=O)c1ccccc1NC(=O)C1CCCCC1.